The first kappa shape index (κ1) is 28.4. The van der Waals surface area contributed by atoms with E-state index in [2.05, 4.69) is 10.6 Å². The van der Waals surface area contributed by atoms with E-state index in [-0.39, 0.29) is 25.5 Å². The van der Waals surface area contributed by atoms with Crippen LogP contribution in [0.1, 0.15) is 39.7 Å². The van der Waals surface area contributed by atoms with Crippen LogP contribution in [-0.4, -0.2) is 74.7 Å². The predicted molar refractivity (Wildman–Crippen MR) is 122 cm³/mol. The minimum Gasteiger partial charge on any atom is -0.493 e. The quantitative estimate of drug-likeness (QED) is 0.394. The largest absolute Gasteiger partial charge is 0.493 e. The van der Waals surface area contributed by atoms with Gasteiger partial charge in [-0.3, -0.25) is 13.6 Å². The first-order valence-electron chi connectivity index (χ1n) is 11.6. The first-order chi connectivity index (χ1) is 16.1. The third kappa shape index (κ3) is 8.41. The second-order valence-electron chi connectivity index (χ2n) is 9.30. The molecular formula is C24H37F3N2O5. The molecule has 0 bridgehead atoms. The van der Waals surface area contributed by atoms with E-state index in [0.29, 0.717) is 17.9 Å². The molecule has 1 fully saturated rings. The number of nitrogens with one attached hydrogen (secondary N) is 2. The van der Waals surface area contributed by atoms with Gasteiger partial charge in [0.25, 0.3) is 0 Å². The topological polar surface area (TPSA) is 89.1 Å². The highest BCUT2D eigenvalue weighted by Gasteiger charge is 2.37. The average Bonchev–Trinajstić information content (AvgIpc) is 2.80. The van der Waals surface area contributed by atoms with Crippen molar-refractivity contribution < 1.29 is 37.3 Å². The monoisotopic (exact) mass is 490 g/mol. The lowest BCUT2D eigenvalue weighted by Crippen LogP contribution is -2.62. The van der Waals surface area contributed by atoms with Crippen LogP contribution >= 0.6 is 0 Å². The smallest absolute Gasteiger partial charge is 0.217 e. The van der Waals surface area contributed by atoms with Crippen LogP contribution in [-0.2, 0) is 20.7 Å². The fourth-order valence-electron chi connectivity index (χ4n) is 3.69. The predicted octanol–water partition coefficient (Wildman–Crippen LogP) is 2.69. The van der Waals surface area contributed by atoms with Gasteiger partial charge in [-0.1, -0.05) is 13.8 Å². The van der Waals surface area contributed by atoms with Crippen LogP contribution in [0, 0.1) is 11.2 Å². The molecule has 0 aliphatic carbocycles. The molecule has 2 rings (SSSR count). The number of rotatable bonds is 13. The van der Waals surface area contributed by atoms with Crippen molar-refractivity contribution in [3.05, 3.63) is 29.6 Å². The first-order valence-corrected chi connectivity index (χ1v) is 11.6. The number of hydrogen-bond donors (Lipinski definition) is 3. The summed E-state index contributed by atoms with van der Waals surface area (Å²) in [5.74, 6) is -0.430. The molecule has 0 spiro atoms. The Balaban J connectivity index is 2.05. The molecule has 0 aromatic heterocycles. The summed E-state index contributed by atoms with van der Waals surface area (Å²) >= 11 is 0. The van der Waals surface area contributed by atoms with Gasteiger partial charge in [-0.05, 0) is 37.5 Å². The molecule has 1 aliphatic rings. The second kappa shape index (κ2) is 13.3. The maximum absolute atomic E-state index is 14.1. The number of halogens is 3. The lowest BCUT2D eigenvalue weighted by molar-refractivity contribution is -0.205. The van der Waals surface area contributed by atoms with E-state index < -0.39 is 55.1 Å². The lowest BCUT2D eigenvalue weighted by atomic mass is 9.94. The number of carbonyl (C=O) groups excluding carboxylic acids is 1. The van der Waals surface area contributed by atoms with Crippen LogP contribution in [0.3, 0.4) is 0 Å². The molecule has 10 heteroatoms. The van der Waals surface area contributed by atoms with Crippen LogP contribution < -0.4 is 15.4 Å². The number of morpholine rings is 1. The maximum Gasteiger partial charge on any atom is 0.217 e. The lowest BCUT2D eigenvalue weighted by Gasteiger charge is -2.40. The van der Waals surface area contributed by atoms with E-state index in [4.69, 9.17) is 14.2 Å². The molecule has 0 radical (unpaired) electrons. The molecule has 5 atom stereocenters. The molecule has 7 nitrogen and oxygen atoms in total. The Morgan fingerprint density at radius 1 is 1.35 bits per heavy atom. The van der Waals surface area contributed by atoms with Gasteiger partial charge in [-0.2, -0.15) is 0 Å². The van der Waals surface area contributed by atoms with Gasteiger partial charge in [0.15, 0.2) is 6.29 Å². The summed E-state index contributed by atoms with van der Waals surface area (Å²) in [7, 11) is 0. The number of benzene rings is 1. The number of amides is 1. The SMILES string of the molecule is CCCOc1cc(F)cc(CC(NC(C)=O)C(O)C2COC(OCC(C)(CF)CF)C(C)N2)c1. The van der Waals surface area contributed by atoms with E-state index in [0.717, 1.165) is 6.42 Å². The van der Waals surface area contributed by atoms with Crippen molar-refractivity contribution in [2.24, 2.45) is 5.41 Å². The summed E-state index contributed by atoms with van der Waals surface area (Å²) in [6, 6.07) is 2.63. The molecular weight excluding hydrogens is 453 g/mol. The Kier molecular flexibility index (Phi) is 11.1. The van der Waals surface area contributed by atoms with Crippen LogP contribution in [0.4, 0.5) is 13.2 Å². The minimum atomic E-state index is -1.24. The third-order valence-corrected chi connectivity index (χ3v) is 5.64. The Morgan fingerprint density at radius 3 is 2.65 bits per heavy atom. The summed E-state index contributed by atoms with van der Waals surface area (Å²) in [4.78, 5) is 11.8. The molecule has 194 valence electrons. The Hall–Kier alpha value is -1.88. The minimum absolute atomic E-state index is 0.0439. The molecule has 1 heterocycles. The van der Waals surface area contributed by atoms with Gasteiger partial charge >= 0.3 is 0 Å². The van der Waals surface area contributed by atoms with Crippen molar-refractivity contribution in [2.75, 3.05) is 33.2 Å². The van der Waals surface area contributed by atoms with Crippen LogP contribution in [0.5, 0.6) is 5.75 Å². The van der Waals surface area contributed by atoms with Crippen molar-refractivity contribution >= 4 is 5.91 Å². The number of aliphatic hydroxyl groups is 1. The zero-order chi connectivity index (χ0) is 25.3. The number of ether oxygens (including phenoxy) is 3. The Morgan fingerprint density at radius 2 is 2.06 bits per heavy atom. The summed E-state index contributed by atoms with van der Waals surface area (Å²) in [6.45, 7) is 5.12. The molecule has 3 N–H and O–H groups in total. The summed E-state index contributed by atoms with van der Waals surface area (Å²) in [6.07, 6.45) is -0.881. The van der Waals surface area contributed by atoms with Gasteiger partial charge in [-0.15, -0.1) is 0 Å². The number of hydrogen-bond acceptors (Lipinski definition) is 6. The van der Waals surface area contributed by atoms with Gasteiger partial charge < -0.3 is 30.0 Å². The second-order valence-corrected chi connectivity index (χ2v) is 9.30. The highest BCUT2D eigenvalue weighted by molar-refractivity contribution is 5.73. The zero-order valence-corrected chi connectivity index (χ0v) is 20.3. The molecule has 1 amide bonds. The molecule has 34 heavy (non-hydrogen) atoms. The molecule has 1 saturated heterocycles. The number of alkyl halides is 2. The maximum atomic E-state index is 14.1. The van der Waals surface area contributed by atoms with Gasteiger partial charge in [0.05, 0.1) is 57.4 Å². The summed E-state index contributed by atoms with van der Waals surface area (Å²) in [5, 5.41) is 17.0. The van der Waals surface area contributed by atoms with Crippen molar-refractivity contribution in [1.29, 1.82) is 0 Å². The van der Waals surface area contributed by atoms with Gasteiger partial charge in [0, 0.05) is 18.4 Å². The molecule has 1 aliphatic heterocycles. The molecule has 0 saturated carbocycles. The number of carbonyl (C=O) groups is 1. The highest BCUT2D eigenvalue weighted by Crippen LogP contribution is 2.23. The molecule has 5 unspecified atom stereocenters. The van der Waals surface area contributed by atoms with Crippen LogP contribution in [0.25, 0.3) is 0 Å². The molecule has 1 aromatic rings. The van der Waals surface area contributed by atoms with Gasteiger partial charge in [0.1, 0.15) is 11.6 Å². The Bertz CT molecular complexity index is 781. The summed E-state index contributed by atoms with van der Waals surface area (Å²) in [5.41, 5.74) is -0.674. The van der Waals surface area contributed by atoms with E-state index >= 15 is 0 Å². The standard InChI is InChI=1S/C24H37F3N2O5/c1-5-6-32-19-8-17(7-18(27)10-19)9-20(29-16(3)30)22(31)21-11-33-23(15(2)28-21)34-14-24(4,12-25)13-26/h7-8,10,15,20-23,28,31H,5-6,9,11-14H2,1-4H3,(H,29,30). The van der Waals surface area contributed by atoms with E-state index in [1.807, 2.05) is 6.92 Å². The van der Waals surface area contributed by atoms with E-state index in [1.54, 1.807) is 13.0 Å². The van der Waals surface area contributed by atoms with Crippen molar-refractivity contribution in [3.63, 3.8) is 0 Å². The third-order valence-electron chi connectivity index (χ3n) is 5.64. The fourth-order valence-corrected chi connectivity index (χ4v) is 3.69. The highest BCUT2D eigenvalue weighted by atomic mass is 19.1. The van der Waals surface area contributed by atoms with Gasteiger partial charge in [0.2, 0.25) is 5.91 Å². The normalized spacial score (nSPS) is 22.8. The van der Waals surface area contributed by atoms with Crippen molar-refractivity contribution in [2.45, 2.75) is 71.1 Å². The summed E-state index contributed by atoms with van der Waals surface area (Å²) < 4.78 is 57.1. The number of aliphatic hydroxyl groups excluding tert-OH is 1. The van der Waals surface area contributed by atoms with E-state index in [1.165, 1.54) is 26.0 Å². The van der Waals surface area contributed by atoms with Gasteiger partial charge in [-0.25, -0.2) is 4.39 Å². The van der Waals surface area contributed by atoms with Crippen molar-refractivity contribution in [3.8, 4) is 5.75 Å². The molecule has 1 aromatic carbocycles. The fraction of sp³-hybridized carbons (Fsp3) is 0.708. The van der Waals surface area contributed by atoms with Crippen LogP contribution in [0.15, 0.2) is 18.2 Å². The average molecular weight is 491 g/mol. The Labute approximate surface area is 199 Å². The zero-order valence-electron chi connectivity index (χ0n) is 20.3. The van der Waals surface area contributed by atoms with Crippen molar-refractivity contribution in [1.82, 2.24) is 10.6 Å². The van der Waals surface area contributed by atoms with Crippen LogP contribution in [0.2, 0.25) is 0 Å². The van der Waals surface area contributed by atoms with E-state index in [9.17, 15) is 23.1 Å².